The molecule has 2 heterocycles. The van der Waals surface area contributed by atoms with Crippen molar-refractivity contribution in [3.63, 3.8) is 0 Å². The molecule has 0 fully saturated rings. The van der Waals surface area contributed by atoms with E-state index in [0.29, 0.717) is 5.82 Å². The monoisotopic (exact) mass is 705 g/mol. The maximum absolute atomic E-state index is 5.25. The molecule has 0 amide bonds. The standard InChI is InChI=1S/C52H39N3/c1-3-14-37(15-4-2)48-33-49(38-29-27-35(28-30-38)41-20-13-31-53-34-41)55-52(54-48)40-19-11-18-39(32-40)50-44-22-7-9-24-46(44)51(47-25-10-8-23-45(47)50)43-26-12-17-36-16-5-6-21-42(36)43/h3,5-34H,4H2,1-2H3/b14-3-,37-15+. The van der Waals surface area contributed by atoms with Crippen LogP contribution in [-0.2, 0) is 0 Å². The Morgan fingerprint density at radius 3 is 1.84 bits per heavy atom. The molecule has 9 rings (SSSR count). The number of hydrogen-bond donors (Lipinski definition) is 0. The van der Waals surface area contributed by atoms with Gasteiger partial charge in [-0.15, -0.1) is 0 Å². The molecule has 0 aliphatic rings. The first-order valence-electron chi connectivity index (χ1n) is 19.0. The Bertz CT molecular complexity index is 2840. The fourth-order valence-electron chi connectivity index (χ4n) is 7.88. The second kappa shape index (κ2) is 14.8. The van der Waals surface area contributed by atoms with Crippen molar-refractivity contribution in [2.45, 2.75) is 20.3 Å². The molecule has 0 radical (unpaired) electrons. The molecule has 0 N–H and O–H groups in total. The lowest BCUT2D eigenvalue weighted by molar-refractivity contribution is 1.15. The van der Waals surface area contributed by atoms with Crippen molar-refractivity contribution in [3.8, 4) is 56.0 Å². The Morgan fingerprint density at radius 2 is 1.15 bits per heavy atom. The van der Waals surface area contributed by atoms with E-state index < -0.39 is 0 Å². The van der Waals surface area contributed by atoms with Crippen LogP contribution in [-0.4, -0.2) is 15.0 Å². The Labute approximate surface area is 322 Å². The van der Waals surface area contributed by atoms with Crippen LogP contribution in [0.5, 0.6) is 0 Å². The number of nitrogens with zero attached hydrogens (tertiary/aromatic N) is 3. The van der Waals surface area contributed by atoms with Crippen LogP contribution in [0.2, 0.25) is 0 Å². The maximum Gasteiger partial charge on any atom is 0.160 e. The molecular formula is C52H39N3. The summed E-state index contributed by atoms with van der Waals surface area (Å²) in [4.78, 5) is 14.8. The first-order chi connectivity index (χ1) is 27.2. The SMILES string of the molecule is C/C=C\C(=C/CC)c1cc(-c2ccc(-c3cccnc3)cc2)nc(-c2cccc(-c3c4ccccc4c(-c4cccc5ccccc45)c4ccccc34)c2)n1. The molecule has 0 unspecified atom stereocenters. The summed E-state index contributed by atoms with van der Waals surface area (Å²) in [5, 5.41) is 7.38. The van der Waals surface area contributed by atoms with Crippen molar-refractivity contribution < 1.29 is 0 Å². The topological polar surface area (TPSA) is 38.7 Å². The molecule has 3 heteroatoms. The van der Waals surface area contributed by atoms with E-state index in [1.165, 1.54) is 49.0 Å². The number of hydrogen-bond acceptors (Lipinski definition) is 3. The quantitative estimate of drug-likeness (QED) is 0.117. The van der Waals surface area contributed by atoms with Gasteiger partial charge in [0.05, 0.1) is 11.4 Å². The van der Waals surface area contributed by atoms with Crippen LogP contribution in [0.15, 0.2) is 188 Å². The number of aromatic nitrogens is 3. The van der Waals surface area contributed by atoms with Crippen LogP contribution < -0.4 is 0 Å². The van der Waals surface area contributed by atoms with Gasteiger partial charge in [0.15, 0.2) is 5.82 Å². The Hall–Kier alpha value is -6.97. The Balaban J connectivity index is 1.23. The lowest BCUT2D eigenvalue weighted by atomic mass is 9.84. The van der Waals surface area contributed by atoms with Crippen LogP contribution in [0.3, 0.4) is 0 Å². The van der Waals surface area contributed by atoms with Gasteiger partial charge in [-0.25, -0.2) is 9.97 Å². The molecule has 2 aromatic heterocycles. The predicted octanol–water partition coefficient (Wildman–Crippen LogP) is 14.0. The largest absolute Gasteiger partial charge is 0.264 e. The summed E-state index contributed by atoms with van der Waals surface area (Å²) >= 11 is 0. The van der Waals surface area contributed by atoms with Gasteiger partial charge < -0.3 is 0 Å². The van der Waals surface area contributed by atoms with E-state index in [2.05, 4.69) is 182 Å². The van der Waals surface area contributed by atoms with Crippen molar-refractivity contribution >= 4 is 37.9 Å². The predicted molar refractivity (Wildman–Crippen MR) is 233 cm³/mol. The summed E-state index contributed by atoms with van der Waals surface area (Å²) in [6.07, 6.45) is 11.0. The third-order valence-corrected chi connectivity index (χ3v) is 10.4. The Morgan fingerprint density at radius 1 is 0.527 bits per heavy atom. The number of pyridine rings is 1. The minimum Gasteiger partial charge on any atom is -0.264 e. The summed E-state index contributed by atoms with van der Waals surface area (Å²) in [5.74, 6) is 0.693. The normalized spacial score (nSPS) is 11.9. The van der Waals surface area contributed by atoms with Crippen LogP contribution in [0.25, 0.3) is 93.9 Å². The molecule has 7 aromatic carbocycles. The van der Waals surface area contributed by atoms with Gasteiger partial charge in [-0.05, 0) is 103 Å². The van der Waals surface area contributed by atoms with Crippen LogP contribution in [0.4, 0.5) is 0 Å². The molecule has 0 spiro atoms. The van der Waals surface area contributed by atoms with Gasteiger partial charge in [0.2, 0.25) is 0 Å². The van der Waals surface area contributed by atoms with E-state index in [1.54, 1.807) is 6.20 Å². The zero-order valence-corrected chi connectivity index (χ0v) is 30.9. The molecule has 0 saturated heterocycles. The summed E-state index contributed by atoms with van der Waals surface area (Å²) < 4.78 is 0. The molecule has 0 aliphatic carbocycles. The van der Waals surface area contributed by atoms with Crippen molar-refractivity contribution in [1.82, 2.24) is 15.0 Å². The van der Waals surface area contributed by atoms with Gasteiger partial charge >= 0.3 is 0 Å². The average molecular weight is 706 g/mol. The number of rotatable bonds is 8. The van der Waals surface area contributed by atoms with E-state index >= 15 is 0 Å². The first kappa shape index (κ1) is 33.8. The first-order valence-corrected chi connectivity index (χ1v) is 19.0. The van der Waals surface area contributed by atoms with Crippen LogP contribution in [0.1, 0.15) is 26.0 Å². The molecule has 0 saturated carbocycles. The fraction of sp³-hybridized carbons (Fsp3) is 0.0577. The van der Waals surface area contributed by atoms with Crippen molar-refractivity contribution in [3.05, 3.63) is 194 Å². The zero-order chi connectivity index (χ0) is 37.1. The highest BCUT2D eigenvalue weighted by atomic mass is 14.9. The molecule has 0 atom stereocenters. The second-order valence-electron chi connectivity index (χ2n) is 13.8. The minimum absolute atomic E-state index is 0.693. The molecule has 9 aromatic rings. The van der Waals surface area contributed by atoms with E-state index in [9.17, 15) is 0 Å². The van der Waals surface area contributed by atoms with Crippen LogP contribution >= 0.6 is 0 Å². The third kappa shape index (κ3) is 6.40. The van der Waals surface area contributed by atoms with E-state index in [-0.39, 0.29) is 0 Å². The number of benzene rings is 7. The Kier molecular flexibility index (Phi) is 9.11. The second-order valence-corrected chi connectivity index (χ2v) is 13.8. The summed E-state index contributed by atoms with van der Waals surface area (Å²) in [6.45, 7) is 4.21. The van der Waals surface area contributed by atoms with E-state index in [0.717, 1.165) is 51.2 Å². The smallest absolute Gasteiger partial charge is 0.160 e. The molecule has 0 aliphatic heterocycles. The van der Waals surface area contributed by atoms with E-state index in [4.69, 9.17) is 9.97 Å². The molecule has 0 bridgehead atoms. The van der Waals surface area contributed by atoms with Gasteiger partial charge in [0.25, 0.3) is 0 Å². The van der Waals surface area contributed by atoms with Crippen molar-refractivity contribution in [2.75, 3.05) is 0 Å². The summed E-state index contributed by atoms with van der Waals surface area (Å²) in [6, 6.07) is 56.5. The van der Waals surface area contributed by atoms with Gasteiger partial charge in [0.1, 0.15) is 0 Å². The van der Waals surface area contributed by atoms with Gasteiger partial charge in [-0.3, -0.25) is 4.98 Å². The molecular weight excluding hydrogens is 667 g/mol. The molecule has 262 valence electrons. The lowest BCUT2D eigenvalue weighted by Crippen LogP contribution is -1.98. The van der Waals surface area contributed by atoms with Crippen molar-refractivity contribution in [2.24, 2.45) is 0 Å². The average Bonchev–Trinajstić information content (AvgIpc) is 3.25. The lowest BCUT2D eigenvalue weighted by Gasteiger charge is -2.19. The third-order valence-electron chi connectivity index (χ3n) is 10.4. The highest BCUT2D eigenvalue weighted by Gasteiger charge is 2.19. The summed E-state index contributed by atoms with van der Waals surface area (Å²) in [5.41, 5.74) is 11.9. The van der Waals surface area contributed by atoms with E-state index in [1.807, 2.05) is 19.2 Å². The van der Waals surface area contributed by atoms with Crippen molar-refractivity contribution in [1.29, 1.82) is 0 Å². The minimum atomic E-state index is 0.693. The maximum atomic E-state index is 5.25. The van der Waals surface area contributed by atoms with Gasteiger partial charge in [0, 0.05) is 23.5 Å². The fourth-order valence-corrected chi connectivity index (χ4v) is 7.88. The molecule has 55 heavy (non-hydrogen) atoms. The highest BCUT2D eigenvalue weighted by molar-refractivity contribution is 6.23. The zero-order valence-electron chi connectivity index (χ0n) is 30.9. The highest BCUT2D eigenvalue weighted by Crippen LogP contribution is 2.45. The number of fused-ring (bicyclic) bond motifs is 3. The van der Waals surface area contributed by atoms with Gasteiger partial charge in [-0.1, -0.05) is 165 Å². The molecule has 3 nitrogen and oxygen atoms in total. The number of allylic oxidation sites excluding steroid dienone is 4. The van der Waals surface area contributed by atoms with Crippen LogP contribution in [0, 0.1) is 0 Å². The summed E-state index contributed by atoms with van der Waals surface area (Å²) in [7, 11) is 0. The van der Waals surface area contributed by atoms with Gasteiger partial charge in [-0.2, -0.15) is 0 Å².